The van der Waals surface area contributed by atoms with E-state index in [9.17, 15) is 29.1 Å². The first-order chi connectivity index (χ1) is 19.9. The summed E-state index contributed by atoms with van der Waals surface area (Å²) in [7, 11) is 0. The molecule has 0 bridgehead atoms. The van der Waals surface area contributed by atoms with Gasteiger partial charge in [0.15, 0.2) is 12.4 Å². The fourth-order valence-corrected chi connectivity index (χ4v) is 9.55. The third kappa shape index (κ3) is 5.58. The maximum Gasteiger partial charge on any atom is 0.306 e. The van der Waals surface area contributed by atoms with E-state index in [2.05, 4.69) is 12.2 Å². The molecule has 0 heterocycles. The van der Waals surface area contributed by atoms with Gasteiger partial charge in [0.25, 0.3) is 0 Å². The summed E-state index contributed by atoms with van der Waals surface area (Å²) in [6.07, 6.45) is 10.5. The Hall–Kier alpha value is -2.55. The van der Waals surface area contributed by atoms with Gasteiger partial charge in [0.2, 0.25) is 11.7 Å². The number of carbonyl (C=O) groups excluding carboxylic acids is 4. The number of ketones is 2. The molecule has 232 valence electrons. The standard InChI is InChI=1S/C33H47NO8/c1-31-14-11-23(35)17-22(31)7-8-24-25(31)12-15-32(2)26(24)13-16-33(32,41)27(36)19-42-29(38)10-9-28(37)34-18-20-3-5-21(6-4-20)30(39)40/h17,20-21,24-26,41H,3-16,18-19H2,1-2H3,(H,34,37)(H,39,40)/t20?,21?,24-,25-,26-,31+,32+,33+/m1/s1. The molecule has 5 rings (SSSR count). The minimum Gasteiger partial charge on any atom is -0.481 e. The van der Waals surface area contributed by atoms with Gasteiger partial charge in [0.05, 0.1) is 12.3 Å². The number of aliphatic carboxylic acids is 1. The number of carboxylic acids is 1. The summed E-state index contributed by atoms with van der Waals surface area (Å²) in [5.41, 5.74) is -0.816. The molecule has 9 heteroatoms. The third-order valence-electron chi connectivity index (χ3n) is 12.3. The van der Waals surface area contributed by atoms with Crippen molar-refractivity contribution in [1.29, 1.82) is 0 Å². The van der Waals surface area contributed by atoms with Crippen LogP contribution in [0.3, 0.4) is 0 Å². The summed E-state index contributed by atoms with van der Waals surface area (Å²) >= 11 is 0. The van der Waals surface area contributed by atoms with Gasteiger partial charge in [-0.1, -0.05) is 19.4 Å². The highest BCUT2D eigenvalue weighted by atomic mass is 16.5. The van der Waals surface area contributed by atoms with Crippen molar-refractivity contribution in [2.45, 2.75) is 109 Å². The van der Waals surface area contributed by atoms with E-state index in [1.54, 1.807) is 0 Å². The Labute approximate surface area is 248 Å². The molecule has 0 saturated heterocycles. The number of hydrogen-bond acceptors (Lipinski definition) is 7. The first kappa shape index (κ1) is 30.9. The number of ether oxygens (including phenoxy) is 1. The van der Waals surface area contributed by atoms with Gasteiger partial charge in [-0.15, -0.1) is 0 Å². The number of Topliss-reactive ketones (excluding diaryl/α,β-unsaturated/α-hetero) is 1. The van der Waals surface area contributed by atoms with E-state index < -0.39 is 35.3 Å². The summed E-state index contributed by atoms with van der Waals surface area (Å²) in [4.78, 5) is 61.3. The molecule has 1 amide bonds. The number of esters is 1. The van der Waals surface area contributed by atoms with Crippen molar-refractivity contribution < 1.29 is 38.9 Å². The molecule has 9 nitrogen and oxygen atoms in total. The fourth-order valence-electron chi connectivity index (χ4n) is 9.55. The number of carboxylic acid groups (broad SMARTS) is 1. The van der Waals surface area contributed by atoms with E-state index >= 15 is 0 Å². The largest absolute Gasteiger partial charge is 0.481 e. The zero-order chi connectivity index (χ0) is 30.3. The summed E-state index contributed by atoms with van der Waals surface area (Å²) in [5.74, 6) is -0.903. The van der Waals surface area contributed by atoms with Crippen LogP contribution in [0.15, 0.2) is 11.6 Å². The van der Waals surface area contributed by atoms with Gasteiger partial charge in [-0.25, -0.2) is 0 Å². The number of carbonyl (C=O) groups is 5. The van der Waals surface area contributed by atoms with E-state index in [-0.39, 0.29) is 47.7 Å². The molecule has 0 aromatic rings. The highest BCUT2D eigenvalue weighted by Gasteiger charge is 2.66. The lowest BCUT2D eigenvalue weighted by Crippen LogP contribution is -2.58. The lowest BCUT2D eigenvalue weighted by molar-refractivity contribution is -0.170. The minimum atomic E-state index is -1.54. The molecule has 3 N–H and O–H groups in total. The van der Waals surface area contributed by atoms with Crippen molar-refractivity contribution in [3.05, 3.63) is 11.6 Å². The topological polar surface area (TPSA) is 147 Å². The third-order valence-corrected chi connectivity index (χ3v) is 12.3. The zero-order valence-electron chi connectivity index (χ0n) is 25.1. The van der Waals surface area contributed by atoms with Gasteiger partial charge in [-0.2, -0.15) is 0 Å². The number of hydrogen-bond donors (Lipinski definition) is 3. The summed E-state index contributed by atoms with van der Waals surface area (Å²) in [5, 5.41) is 23.8. The van der Waals surface area contributed by atoms with Crippen molar-refractivity contribution in [3.8, 4) is 0 Å². The molecule has 5 aliphatic carbocycles. The van der Waals surface area contributed by atoms with E-state index in [0.717, 1.165) is 51.4 Å². The van der Waals surface area contributed by atoms with Gasteiger partial charge >= 0.3 is 11.9 Å². The van der Waals surface area contributed by atoms with Gasteiger partial charge in [0.1, 0.15) is 5.60 Å². The first-order valence-corrected chi connectivity index (χ1v) is 16.0. The average Bonchev–Trinajstić information content (AvgIpc) is 3.25. The minimum absolute atomic E-state index is 0.0184. The number of amides is 1. The summed E-state index contributed by atoms with van der Waals surface area (Å²) in [6.45, 7) is 4.31. The summed E-state index contributed by atoms with van der Waals surface area (Å²) < 4.78 is 5.27. The lowest BCUT2D eigenvalue weighted by atomic mass is 9.46. The molecule has 0 aromatic heterocycles. The molecule has 0 spiro atoms. The number of rotatable bonds is 9. The normalized spacial score (nSPS) is 39.3. The van der Waals surface area contributed by atoms with Crippen molar-refractivity contribution in [2.24, 2.45) is 40.4 Å². The molecule has 0 radical (unpaired) electrons. The van der Waals surface area contributed by atoms with E-state index in [0.29, 0.717) is 44.1 Å². The molecule has 0 unspecified atom stereocenters. The van der Waals surface area contributed by atoms with Crippen LogP contribution >= 0.6 is 0 Å². The molecule has 0 aliphatic heterocycles. The Morgan fingerprint density at radius 1 is 0.929 bits per heavy atom. The van der Waals surface area contributed by atoms with Crippen LogP contribution in [0.25, 0.3) is 0 Å². The van der Waals surface area contributed by atoms with Crippen molar-refractivity contribution in [2.75, 3.05) is 13.2 Å². The first-order valence-electron chi connectivity index (χ1n) is 16.0. The van der Waals surface area contributed by atoms with Crippen LogP contribution in [0.2, 0.25) is 0 Å². The van der Waals surface area contributed by atoms with Gasteiger partial charge < -0.3 is 20.3 Å². The molecule has 0 aromatic carbocycles. The molecule has 5 aliphatic rings. The monoisotopic (exact) mass is 585 g/mol. The fraction of sp³-hybridized carbons (Fsp3) is 0.788. The Balaban J connectivity index is 1.09. The molecular formula is C33H47NO8. The van der Waals surface area contributed by atoms with Crippen molar-refractivity contribution in [1.82, 2.24) is 5.32 Å². The molecule has 4 fully saturated rings. The van der Waals surface area contributed by atoms with Gasteiger partial charge in [-0.05, 0) is 106 Å². The molecule has 42 heavy (non-hydrogen) atoms. The average molecular weight is 586 g/mol. The van der Waals surface area contributed by atoms with Crippen molar-refractivity contribution >= 4 is 29.4 Å². The predicted octanol–water partition coefficient (Wildman–Crippen LogP) is 4.15. The maximum atomic E-state index is 13.4. The Bertz CT molecular complexity index is 1150. The lowest BCUT2D eigenvalue weighted by Gasteiger charge is -2.58. The molecule has 4 saturated carbocycles. The number of aliphatic hydroxyl groups is 1. The smallest absolute Gasteiger partial charge is 0.306 e. The second kappa shape index (κ2) is 11.9. The molecule has 6 atom stereocenters. The zero-order valence-corrected chi connectivity index (χ0v) is 25.1. The van der Waals surface area contributed by atoms with E-state index in [1.807, 2.05) is 13.0 Å². The molecular weight excluding hydrogens is 538 g/mol. The number of fused-ring (bicyclic) bond motifs is 5. The maximum absolute atomic E-state index is 13.4. The van der Waals surface area contributed by atoms with Crippen LogP contribution in [0, 0.1) is 40.4 Å². The Morgan fingerprint density at radius 3 is 2.36 bits per heavy atom. The second-order valence-electron chi connectivity index (χ2n) is 14.3. The van der Waals surface area contributed by atoms with E-state index in [1.165, 1.54) is 5.57 Å². The number of allylic oxidation sites excluding steroid dienone is 1. The predicted molar refractivity (Wildman–Crippen MR) is 153 cm³/mol. The van der Waals surface area contributed by atoms with Crippen LogP contribution < -0.4 is 5.32 Å². The van der Waals surface area contributed by atoms with Crippen LogP contribution in [0.4, 0.5) is 0 Å². The van der Waals surface area contributed by atoms with Crippen LogP contribution in [0.5, 0.6) is 0 Å². The SMILES string of the molecule is C[C@]12CCC(=O)C=C1CC[C@@H]1[C@H]2CC[C@@]2(C)[C@@H]1CC[C@]2(O)C(=O)COC(=O)CCC(=O)NCC1CCC(C(=O)O)CC1. The van der Waals surface area contributed by atoms with Gasteiger partial charge in [0, 0.05) is 24.8 Å². The quantitative estimate of drug-likeness (QED) is 0.342. The Morgan fingerprint density at radius 2 is 1.64 bits per heavy atom. The van der Waals surface area contributed by atoms with Crippen LogP contribution in [-0.2, 0) is 28.7 Å². The Kier molecular flexibility index (Phi) is 8.72. The van der Waals surface area contributed by atoms with Crippen molar-refractivity contribution in [3.63, 3.8) is 0 Å². The highest BCUT2D eigenvalue weighted by Crippen LogP contribution is 2.67. The van der Waals surface area contributed by atoms with Crippen LogP contribution in [-0.4, -0.2) is 58.4 Å². The summed E-state index contributed by atoms with van der Waals surface area (Å²) in [6, 6.07) is 0. The van der Waals surface area contributed by atoms with Gasteiger partial charge in [-0.3, -0.25) is 24.0 Å². The van der Waals surface area contributed by atoms with E-state index in [4.69, 9.17) is 9.84 Å². The number of nitrogens with one attached hydrogen (secondary N) is 1. The van der Waals surface area contributed by atoms with Crippen LogP contribution in [0.1, 0.15) is 104 Å². The highest BCUT2D eigenvalue weighted by molar-refractivity contribution is 5.92. The second-order valence-corrected chi connectivity index (χ2v) is 14.3.